The first kappa shape index (κ1) is 20.0. The number of rotatable bonds is 5. The SMILES string of the molecule is CNc1cc(-c2nn(C3CCOCC3)c3ncccc23)nc2c(C(=O)N[C@@H]3C[C@@H]3F)cnn12. The van der Waals surface area contributed by atoms with Crippen LogP contribution in [0, 0.1) is 0 Å². The second-order valence-electron chi connectivity index (χ2n) is 8.41. The number of amides is 1. The molecule has 2 aliphatic rings. The minimum Gasteiger partial charge on any atom is -0.381 e. The number of carbonyl (C=O) groups excluding carboxylic acids is 1. The maximum Gasteiger partial charge on any atom is 0.257 e. The number of halogens is 1. The maximum absolute atomic E-state index is 13.3. The van der Waals surface area contributed by atoms with Crippen molar-refractivity contribution >= 4 is 28.4 Å². The summed E-state index contributed by atoms with van der Waals surface area (Å²) < 4.78 is 22.4. The van der Waals surface area contributed by atoms with Crippen molar-refractivity contribution in [2.45, 2.75) is 37.5 Å². The predicted molar refractivity (Wildman–Crippen MR) is 119 cm³/mol. The molecule has 0 bridgehead atoms. The summed E-state index contributed by atoms with van der Waals surface area (Å²) in [5.74, 6) is 0.266. The Balaban J connectivity index is 1.48. The van der Waals surface area contributed by atoms with Gasteiger partial charge < -0.3 is 15.4 Å². The van der Waals surface area contributed by atoms with E-state index in [-0.39, 0.29) is 11.9 Å². The Morgan fingerprint density at radius 2 is 2.09 bits per heavy atom. The van der Waals surface area contributed by atoms with Crippen LogP contribution in [0.3, 0.4) is 0 Å². The molecule has 1 saturated carbocycles. The van der Waals surface area contributed by atoms with Crippen molar-refractivity contribution in [3.63, 3.8) is 0 Å². The molecule has 0 radical (unpaired) electrons. The summed E-state index contributed by atoms with van der Waals surface area (Å²) in [5.41, 5.74) is 2.74. The number of nitrogens with one attached hydrogen (secondary N) is 2. The Kier molecular flexibility index (Phi) is 4.72. The largest absolute Gasteiger partial charge is 0.381 e. The molecule has 0 spiro atoms. The van der Waals surface area contributed by atoms with Gasteiger partial charge >= 0.3 is 0 Å². The first-order chi connectivity index (χ1) is 16.1. The molecule has 4 aromatic rings. The highest BCUT2D eigenvalue weighted by molar-refractivity contribution is 6.01. The molecule has 0 unspecified atom stereocenters. The number of aromatic nitrogens is 6. The van der Waals surface area contributed by atoms with Crippen LogP contribution in [0.15, 0.2) is 30.6 Å². The molecular formula is C22H23FN8O2. The zero-order chi connectivity index (χ0) is 22.5. The van der Waals surface area contributed by atoms with Gasteiger partial charge in [-0.25, -0.2) is 19.0 Å². The van der Waals surface area contributed by atoms with Crippen LogP contribution in [-0.4, -0.2) is 67.7 Å². The van der Waals surface area contributed by atoms with Crippen LogP contribution in [0.1, 0.15) is 35.7 Å². The zero-order valence-corrected chi connectivity index (χ0v) is 18.0. The van der Waals surface area contributed by atoms with E-state index in [0.717, 1.165) is 23.9 Å². The Morgan fingerprint density at radius 3 is 2.85 bits per heavy atom. The van der Waals surface area contributed by atoms with Gasteiger partial charge in [0, 0.05) is 44.3 Å². The Morgan fingerprint density at radius 1 is 1.27 bits per heavy atom. The Hall–Kier alpha value is -3.60. The number of hydrogen-bond donors (Lipinski definition) is 2. The number of fused-ring (bicyclic) bond motifs is 2. The molecular weight excluding hydrogens is 427 g/mol. The molecule has 2 atom stereocenters. The summed E-state index contributed by atoms with van der Waals surface area (Å²) in [6.07, 6.45) is 4.30. The summed E-state index contributed by atoms with van der Waals surface area (Å²) in [6.45, 7) is 1.38. The highest BCUT2D eigenvalue weighted by Crippen LogP contribution is 2.32. The van der Waals surface area contributed by atoms with Crippen LogP contribution in [-0.2, 0) is 4.74 Å². The number of nitrogens with zero attached hydrogens (tertiary/aromatic N) is 6. The van der Waals surface area contributed by atoms with E-state index < -0.39 is 12.2 Å². The molecule has 10 nitrogen and oxygen atoms in total. The van der Waals surface area contributed by atoms with E-state index in [1.165, 1.54) is 6.20 Å². The van der Waals surface area contributed by atoms with Crippen LogP contribution in [0.5, 0.6) is 0 Å². The lowest BCUT2D eigenvalue weighted by Gasteiger charge is -2.22. The Labute approximate surface area is 188 Å². The summed E-state index contributed by atoms with van der Waals surface area (Å²) in [6, 6.07) is 5.46. The normalized spacial score (nSPS) is 20.9. The molecule has 0 aromatic carbocycles. The fourth-order valence-corrected chi connectivity index (χ4v) is 4.33. The monoisotopic (exact) mass is 450 g/mol. The van der Waals surface area contributed by atoms with Crippen molar-refractivity contribution < 1.29 is 13.9 Å². The van der Waals surface area contributed by atoms with E-state index in [1.807, 2.05) is 22.9 Å². The third kappa shape index (κ3) is 3.39. The van der Waals surface area contributed by atoms with E-state index in [0.29, 0.717) is 48.1 Å². The van der Waals surface area contributed by atoms with Gasteiger partial charge in [0.25, 0.3) is 5.91 Å². The van der Waals surface area contributed by atoms with Crippen LogP contribution in [0.4, 0.5) is 10.2 Å². The summed E-state index contributed by atoms with van der Waals surface area (Å²) >= 11 is 0. The number of ether oxygens (including phenoxy) is 1. The van der Waals surface area contributed by atoms with Gasteiger partial charge in [0.2, 0.25) is 0 Å². The molecule has 6 rings (SSSR count). The molecule has 1 amide bonds. The third-order valence-electron chi connectivity index (χ3n) is 6.25. The topological polar surface area (TPSA) is 111 Å². The fourth-order valence-electron chi connectivity index (χ4n) is 4.33. The molecule has 2 fully saturated rings. The van der Waals surface area contributed by atoms with Crippen molar-refractivity contribution in [3.05, 3.63) is 36.2 Å². The number of anilines is 1. The molecule has 5 heterocycles. The van der Waals surface area contributed by atoms with Gasteiger partial charge in [0.15, 0.2) is 11.3 Å². The van der Waals surface area contributed by atoms with Gasteiger partial charge in [-0.05, 0) is 25.0 Å². The first-order valence-electron chi connectivity index (χ1n) is 11.1. The van der Waals surface area contributed by atoms with Crippen molar-refractivity contribution in [3.8, 4) is 11.4 Å². The third-order valence-corrected chi connectivity index (χ3v) is 6.25. The lowest BCUT2D eigenvalue weighted by molar-refractivity contribution is 0.0674. The quantitative estimate of drug-likeness (QED) is 0.480. The predicted octanol–water partition coefficient (Wildman–Crippen LogP) is 2.37. The van der Waals surface area contributed by atoms with Crippen molar-refractivity contribution in [2.24, 2.45) is 0 Å². The summed E-state index contributed by atoms with van der Waals surface area (Å²) in [4.78, 5) is 22.1. The van der Waals surface area contributed by atoms with Gasteiger partial charge in [-0.3, -0.25) is 4.79 Å². The van der Waals surface area contributed by atoms with Gasteiger partial charge in [-0.2, -0.15) is 14.7 Å². The average Bonchev–Trinajstić information content (AvgIpc) is 3.24. The highest BCUT2D eigenvalue weighted by atomic mass is 19.1. The molecule has 2 N–H and O–H groups in total. The molecule has 33 heavy (non-hydrogen) atoms. The molecule has 1 aliphatic heterocycles. The summed E-state index contributed by atoms with van der Waals surface area (Å²) in [7, 11) is 1.78. The first-order valence-corrected chi connectivity index (χ1v) is 11.1. The van der Waals surface area contributed by atoms with E-state index in [2.05, 4.69) is 20.7 Å². The van der Waals surface area contributed by atoms with Crippen molar-refractivity contribution in [1.29, 1.82) is 0 Å². The second-order valence-corrected chi connectivity index (χ2v) is 8.41. The standard InChI is InChI=1S/C22H23FN8O2/c1-24-18-10-17(27-21-14(11-26-31(18)21)22(32)28-16-9-15(16)23)19-13-3-2-6-25-20(13)30(29-19)12-4-7-33-8-5-12/h2-3,6,10-12,15-16,24H,4-5,7-9H2,1H3,(H,28,32)/t15-,16+/m0/s1. The molecule has 1 saturated heterocycles. The van der Waals surface area contributed by atoms with E-state index in [4.69, 9.17) is 14.8 Å². The minimum absolute atomic E-state index is 0.195. The van der Waals surface area contributed by atoms with Gasteiger partial charge in [-0.15, -0.1) is 0 Å². The smallest absolute Gasteiger partial charge is 0.257 e. The average molecular weight is 450 g/mol. The molecule has 11 heteroatoms. The number of carbonyl (C=O) groups is 1. The highest BCUT2D eigenvalue weighted by Gasteiger charge is 2.39. The minimum atomic E-state index is -0.986. The molecule has 4 aromatic heterocycles. The second kappa shape index (κ2) is 7.77. The number of hydrogen-bond acceptors (Lipinski definition) is 7. The van der Waals surface area contributed by atoms with Gasteiger partial charge in [0.1, 0.15) is 23.2 Å². The number of alkyl halides is 1. The van der Waals surface area contributed by atoms with Gasteiger partial charge in [-0.1, -0.05) is 0 Å². The van der Waals surface area contributed by atoms with Crippen molar-refractivity contribution in [2.75, 3.05) is 25.6 Å². The van der Waals surface area contributed by atoms with Crippen LogP contribution < -0.4 is 10.6 Å². The van der Waals surface area contributed by atoms with E-state index >= 15 is 0 Å². The van der Waals surface area contributed by atoms with Crippen LogP contribution >= 0.6 is 0 Å². The van der Waals surface area contributed by atoms with Crippen LogP contribution in [0.25, 0.3) is 28.1 Å². The maximum atomic E-state index is 13.3. The molecule has 1 aliphatic carbocycles. The van der Waals surface area contributed by atoms with E-state index in [9.17, 15) is 9.18 Å². The summed E-state index contributed by atoms with van der Waals surface area (Å²) in [5, 5.41) is 15.9. The fraction of sp³-hybridized carbons (Fsp3) is 0.409. The van der Waals surface area contributed by atoms with E-state index in [1.54, 1.807) is 17.8 Å². The van der Waals surface area contributed by atoms with Gasteiger partial charge in [0.05, 0.1) is 24.0 Å². The molecule has 170 valence electrons. The zero-order valence-electron chi connectivity index (χ0n) is 18.0. The lowest BCUT2D eigenvalue weighted by atomic mass is 10.1. The Bertz CT molecular complexity index is 1360. The number of pyridine rings is 1. The van der Waals surface area contributed by atoms with Crippen molar-refractivity contribution in [1.82, 2.24) is 34.7 Å². The van der Waals surface area contributed by atoms with Crippen LogP contribution in [0.2, 0.25) is 0 Å². The lowest BCUT2D eigenvalue weighted by Crippen LogP contribution is -2.27.